The molecule has 0 spiro atoms. The normalized spacial score (nSPS) is 10.5. The number of aryl methyl sites for hydroxylation is 1. The van der Waals surface area contributed by atoms with E-state index in [1.165, 1.54) is 30.3 Å². The van der Waals surface area contributed by atoms with E-state index in [0.29, 0.717) is 11.3 Å². The van der Waals surface area contributed by atoms with Gasteiger partial charge < -0.3 is 10.1 Å². The van der Waals surface area contributed by atoms with Gasteiger partial charge in [0.25, 0.3) is 11.6 Å². The first-order valence-corrected chi connectivity index (χ1v) is 7.96. The van der Waals surface area contributed by atoms with Crippen LogP contribution in [0.4, 0.5) is 11.4 Å². The lowest BCUT2D eigenvalue weighted by atomic mass is 10.1. The zero-order valence-electron chi connectivity index (χ0n) is 14.2. The molecule has 0 saturated heterocycles. The molecule has 0 saturated carbocycles. The molecule has 7 nitrogen and oxygen atoms in total. The molecule has 2 aromatic carbocycles. The highest BCUT2D eigenvalue weighted by Crippen LogP contribution is 2.13. The van der Waals surface area contributed by atoms with E-state index >= 15 is 0 Å². The van der Waals surface area contributed by atoms with Crippen LogP contribution in [0.25, 0.3) is 6.08 Å². The summed E-state index contributed by atoms with van der Waals surface area (Å²) < 4.78 is 4.86. The number of ether oxygens (including phenoxy) is 1. The van der Waals surface area contributed by atoms with Crippen molar-refractivity contribution in [2.24, 2.45) is 0 Å². The smallest absolute Gasteiger partial charge is 0.331 e. The Morgan fingerprint density at radius 2 is 1.77 bits per heavy atom. The third-order valence-electron chi connectivity index (χ3n) is 3.51. The highest BCUT2D eigenvalue weighted by molar-refractivity contribution is 5.94. The molecule has 0 heterocycles. The molecule has 0 aliphatic carbocycles. The van der Waals surface area contributed by atoms with Gasteiger partial charge in [0.05, 0.1) is 4.92 Å². The molecule has 0 radical (unpaired) electrons. The number of rotatable bonds is 7. The minimum absolute atomic E-state index is 0.0339. The molecule has 134 valence electrons. The van der Waals surface area contributed by atoms with Gasteiger partial charge in [-0.3, -0.25) is 14.9 Å². The number of hydrogen-bond acceptors (Lipinski definition) is 5. The van der Waals surface area contributed by atoms with E-state index in [0.717, 1.165) is 18.1 Å². The Labute approximate surface area is 150 Å². The summed E-state index contributed by atoms with van der Waals surface area (Å²) in [5.41, 5.74) is 2.36. The zero-order valence-corrected chi connectivity index (χ0v) is 14.2. The van der Waals surface area contributed by atoms with Gasteiger partial charge in [0.1, 0.15) is 0 Å². The van der Waals surface area contributed by atoms with Crippen molar-refractivity contribution in [3.63, 3.8) is 0 Å². The summed E-state index contributed by atoms with van der Waals surface area (Å²) in [6.45, 7) is 1.64. The van der Waals surface area contributed by atoms with Crippen LogP contribution in [0.15, 0.2) is 54.6 Å². The maximum Gasteiger partial charge on any atom is 0.331 e. The zero-order chi connectivity index (χ0) is 18.9. The van der Waals surface area contributed by atoms with Crippen molar-refractivity contribution in [3.8, 4) is 0 Å². The van der Waals surface area contributed by atoms with Gasteiger partial charge in [0.15, 0.2) is 6.61 Å². The molecule has 1 N–H and O–H groups in total. The van der Waals surface area contributed by atoms with E-state index in [9.17, 15) is 19.7 Å². The van der Waals surface area contributed by atoms with E-state index in [2.05, 4.69) is 5.32 Å². The monoisotopic (exact) mass is 354 g/mol. The third kappa shape index (κ3) is 5.86. The number of esters is 1. The molecule has 0 atom stereocenters. The number of carbonyl (C=O) groups excluding carboxylic acids is 2. The Kier molecular flexibility index (Phi) is 6.61. The van der Waals surface area contributed by atoms with Crippen LogP contribution in [-0.4, -0.2) is 23.4 Å². The van der Waals surface area contributed by atoms with Gasteiger partial charge in [-0.15, -0.1) is 0 Å². The largest absolute Gasteiger partial charge is 0.452 e. The molecule has 0 aliphatic heterocycles. The van der Waals surface area contributed by atoms with Crippen LogP contribution in [0, 0.1) is 10.1 Å². The van der Waals surface area contributed by atoms with Crippen molar-refractivity contribution < 1.29 is 19.2 Å². The molecule has 0 aliphatic rings. The maximum atomic E-state index is 11.8. The van der Waals surface area contributed by atoms with Crippen molar-refractivity contribution in [2.75, 3.05) is 11.9 Å². The summed E-state index contributed by atoms with van der Waals surface area (Å²) in [5.74, 6) is -1.12. The number of amides is 1. The van der Waals surface area contributed by atoms with Crippen LogP contribution in [0.1, 0.15) is 18.1 Å². The summed E-state index contributed by atoms with van der Waals surface area (Å²) in [5, 5.41) is 13.2. The highest BCUT2D eigenvalue weighted by Gasteiger charge is 2.06. The van der Waals surface area contributed by atoms with Crippen molar-refractivity contribution in [3.05, 3.63) is 75.8 Å². The Morgan fingerprint density at radius 1 is 1.12 bits per heavy atom. The Balaban J connectivity index is 1.79. The fraction of sp³-hybridized carbons (Fsp3) is 0.158. The molecule has 0 unspecified atom stereocenters. The van der Waals surface area contributed by atoms with E-state index in [4.69, 9.17) is 4.74 Å². The Morgan fingerprint density at radius 3 is 2.35 bits per heavy atom. The van der Waals surface area contributed by atoms with Crippen molar-refractivity contribution in [1.82, 2.24) is 0 Å². The molecule has 0 bridgehead atoms. The lowest BCUT2D eigenvalue weighted by Crippen LogP contribution is -2.20. The molecule has 2 aromatic rings. The van der Waals surface area contributed by atoms with Crippen molar-refractivity contribution in [1.29, 1.82) is 0 Å². The third-order valence-corrected chi connectivity index (χ3v) is 3.51. The van der Waals surface area contributed by atoms with Crippen molar-refractivity contribution >= 4 is 29.3 Å². The predicted octanol–water partition coefficient (Wildman–Crippen LogP) is 3.35. The first kappa shape index (κ1) is 18.9. The number of non-ortho nitro benzene ring substituents is 1. The summed E-state index contributed by atoms with van der Waals surface area (Å²) in [7, 11) is 0. The fourth-order valence-electron chi connectivity index (χ4n) is 2.08. The van der Waals surface area contributed by atoms with E-state index in [-0.39, 0.29) is 5.69 Å². The Hall–Kier alpha value is -3.48. The number of carbonyl (C=O) groups is 2. The molecular formula is C19H18N2O5. The standard InChI is InChI=1S/C19H18N2O5/c1-2-14-3-8-16(9-4-14)20-18(22)13-26-19(23)12-7-15-5-10-17(11-6-15)21(24)25/h3-12H,2,13H2,1H3,(H,20,22)/b12-7+. The second-order valence-electron chi connectivity index (χ2n) is 5.39. The highest BCUT2D eigenvalue weighted by atomic mass is 16.6. The predicted molar refractivity (Wildman–Crippen MR) is 97.5 cm³/mol. The topological polar surface area (TPSA) is 98.5 Å². The van der Waals surface area contributed by atoms with Crippen LogP contribution in [0.2, 0.25) is 0 Å². The van der Waals surface area contributed by atoms with Crippen LogP contribution in [-0.2, 0) is 20.7 Å². The van der Waals surface area contributed by atoms with E-state index in [1.807, 2.05) is 19.1 Å². The summed E-state index contributed by atoms with van der Waals surface area (Å²) in [6, 6.07) is 13.1. The van der Waals surface area contributed by atoms with Crippen LogP contribution in [0.3, 0.4) is 0 Å². The molecule has 2 rings (SSSR count). The number of benzene rings is 2. The summed E-state index contributed by atoms with van der Waals surface area (Å²) >= 11 is 0. The molecule has 1 amide bonds. The van der Waals surface area contributed by atoms with Gasteiger partial charge in [-0.2, -0.15) is 0 Å². The number of anilines is 1. The Bertz CT molecular complexity index is 811. The van der Waals surface area contributed by atoms with Crippen molar-refractivity contribution in [2.45, 2.75) is 13.3 Å². The maximum absolute atomic E-state index is 11.8. The molecule has 26 heavy (non-hydrogen) atoms. The number of nitrogens with zero attached hydrogens (tertiary/aromatic N) is 1. The SMILES string of the molecule is CCc1ccc(NC(=O)COC(=O)/C=C/c2ccc([N+](=O)[O-])cc2)cc1. The van der Waals surface area contributed by atoms with Gasteiger partial charge in [0.2, 0.25) is 0 Å². The van der Waals surface area contributed by atoms with Crippen LogP contribution < -0.4 is 5.32 Å². The average Bonchev–Trinajstić information content (AvgIpc) is 2.65. The van der Waals surface area contributed by atoms with Crippen LogP contribution in [0.5, 0.6) is 0 Å². The van der Waals surface area contributed by atoms with Gasteiger partial charge in [-0.1, -0.05) is 19.1 Å². The minimum Gasteiger partial charge on any atom is -0.452 e. The van der Waals surface area contributed by atoms with E-state index in [1.54, 1.807) is 12.1 Å². The summed E-state index contributed by atoms with van der Waals surface area (Å²) in [6.07, 6.45) is 3.52. The van der Waals surface area contributed by atoms with Gasteiger partial charge in [-0.05, 0) is 47.9 Å². The van der Waals surface area contributed by atoms with Gasteiger partial charge in [-0.25, -0.2) is 4.79 Å². The minimum atomic E-state index is -0.681. The lowest BCUT2D eigenvalue weighted by molar-refractivity contribution is -0.384. The molecule has 0 fully saturated rings. The number of nitro groups is 1. The molecule has 7 heteroatoms. The molecule has 0 aromatic heterocycles. The number of hydrogen-bond donors (Lipinski definition) is 1. The van der Waals surface area contributed by atoms with Gasteiger partial charge in [0, 0.05) is 23.9 Å². The lowest BCUT2D eigenvalue weighted by Gasteiger charge is -2.06. The number of nitrogens with one attached hydrogen (secondary N) is 1. The van der Waals surface area contributed by atoms with Gasteiger partial charge >= 0.3 is 5.97 Å². The quantitative estimate of drug-likeness (QED) is 0.356. The second kappa shape index (κ2) is 9.12. The number of nitro benzene ring substituents is 1. The average molecular weight is 354 g/mol. The first-order valence-electron chi connectivity index (χ1n) is 7.96. The first-order chi connectivity index (χ1) is 12.5. The van der Waals surface area contributed by atoms with Crippen LogP contribution >= 0.6 is 0 Å². The van der Waals surface area contributed by atoms with E-state index < -0.39 is 23.4 Å². The summed E-state index contributed by atoms with van der Waals surface area (Å²) in [4.78, 5) is 33.5. The fourth-order valence-corrected chi connectivity index (χ4v) is 2.08. The molecular weight excluding hydrogens is 336 g/mol. The second-order valence-corrected chi connectivity index (χ2v) is 5.39.